The molecule has 0 saturated heterocycles. The lowest BCUT2D eigenvalue weighted by Gasteiger charge is -2.25. The van der Waals surface area contributed by atoms with Gasteiger partial charge < -0.3 is 14.4 Å². The van der Waals surface area contributed by atoms with Crippen LogP contribution in [0.15, 0.2) is 11.4 Å². The molecule has 1 unspecified atom stereocenters. The Labute approximate surface area is 128 Å². The maximum Gasteiger partial charge on any atom is 0.329 e. The van der Waals surface area contributed by atoms with Gasteiger partial charge in [-0.25, -0.2) is 9.78 Å². The topological polar surface area (TPSA) is 81.4 Å². The third-order valence-electron chi connectivity index (χ3n) is 3.06. The zero-order chi connectivity index (χ0) is 16.2. The average Bonchev–Trinajstić information content (AvgIpc) is 2.79. The van der Waals surface area contributed by atoms with Crippen molar-refractivity contribution in [2.24, 2.45) is 5.92 Å². The molecule has 0 bridgehead atoms. The van der Waals surface area contributed by atoms with E-state index in [1.54, 1.807) is 6.20 Å². The molecule has 21 heavy (non-hydrogen) atoms. The molecule has 0 aliphatic rings. The highest BCUT2D eigenvalue weighted by Crippen LogP contribution is 2.31. The Kier molecular flexibility index (Phi) is 6.26. The predicted molar refractivity (Wildman–Crippen MR) is 80.6 cm³/mol. The lowest BCUT2D eigenvalue weighted by molar-refractivity contribution is -0.146. The highest BCUT2D eigenvalue weighted by atomic mass is 32.2. The van der Waals surface area contributed by atoms with Gasteiger partial charge in [-0.15, -0.1) is 0 Å². The first-order valence-electron chi connectivity index (χ1n) is 6.79. The van der Waals surface area contributed by atoms with Crippen LogP contribution in [0, 0.1) is 5.92 Å². The number of thioether (sulfide) groups is 1. The summed E-state index contributed by atoms with van der Waals surface area (Å²) in [4.78, 5) is 27.2. The van der Waals surface area contributed by atoms with E-state index >= 15 is 0 Å². The van der Waals surface area contributed by atoms with Gasteiger partial charge in [0.25, 0.3) is 0 Å². The Morgan fingerprint density at radius 1 is 1.38 bits per heavy atom. The van der Waals surface area contributed by atoms with Crippen LogP contribution in [0.4, 0.5) is 0 Å². The third-order valence-corrected chi connectivity index (χ3v) is 4.01. The number of carbonyl (C=O) groups excluding carboxylic acids is 1. The van der Waals surface area contributed by atoms with Crippen LogP contribution in [0.5, 0.6) is 0 Å². The summed E-state index contributed by atoms with van der Waals surface area (Å²) in [6.07, 6.45) is 1.70. The second-order valence-corrected chi connectivity index (χ2v) is 6.33. The zero-order valence-electron chi connectivity index (χ0n) is 13.0. The van der Waals surface area contributed by atoms with Gasteiger partial charge in [0.2, 0.25) is 0 Å². The maximum absolute atomic E-state index is 12.1. The predicted octanol–water partition coefficient (Wildman–Crippen LogP) is 2.55. The summed E-state index contributed by atoms with van der Waals surface area (Å²) in [5.41, 5.74) is 0.895. The van der Waals surface area contributed by atoms with Gasteiger partial charge in [0, 0.05) is 11.9 Å². The number of nitrogens with zero attached hydrogens (tertiary/aromatic N) is 2. The molecule has 1 atom stereocenters. The Morgan fingerprint density at radius 3 is 2.43 bits per heavy atom. The summed E-state index contributed by atoms with van der Waals surface area (Å²) >= 11 is 1.11. The molecule has 0 saturated carbocycles. The summed E-state index contributed by atoms with van der Waals surface area (Å²) in [6, 6.07) is -0.508. The largest absolute Gasteiger partial charge is 0.481 e. The number of ether oxygens (including phenoxy) is 1. The molecule has 118 valence electrons. The molecular weight excluding hydrogens is 292 g/mol. The quantitative estimate of drug-likeness (QED) is 0.615. The molecule has 0 amide bonds. The minimum atomic E-state index is -0.917. The fourth-order valence-corrected chi connectivity index (χ4v) is 2.83. The smallest absolute Gasteiger partial charge is 0.329 e. The highest BCUT2D eigenvalue weighted by Gasteiger charge is 2.30. The molecule has 7 heteroatoms. The van der Waals surface area contributed by atoms with Crippen LogP contribution in [-0.4, -0.2) is 39.5 Å². The van der Waals surface area contributed by atoms with Crippen molar-refractivity contribution in [3.63, 3.8) is 0 Å². The molecule has 1 N–H and O–H groups in total. The van der Waals surface area contributed by atoms with E-state index in [1.165, 1.54) is 7.11 Å². The van der Waals surface area contributed by atoms with E-state index in [-0.39, 0.29) is 23.6 Å². The number of carboxylic acid groups (broad SMARTS) is 1. The number of hydrogen-bond acceptors (Lipinski definition) is 5. The van der Waals surface area contributed by atoms with E-state index in [9.17, 15) is 9.59 Å². The second-order valence-electron chi connectivity index (χ2n) is 5.38. The van der Waals surface area contributed by atoms with Crippen molar-refractivity contribution in [1.82, 2.24) is 9.55 Å². The minimum absolute atomic E-state index is 0.00771. The van der Waals surface area contributed by atoms with Crippen molar-refractivity contribution in [3.05, 3.63) is 11.9 Å². The van der Waals surface area contributed by atoms with E-state index in [0.717, 1.165) is 17.5 Å². The van der Waals surface area contributed by atoms with Gasteiger partial charge in [-0.05, 0) is 11.8 Å². The molecule has 1 rings (SSSR count). The monoisotopic (exact) mass is 314 g/mol. The van der Waals surface area contributed by atoms with E-state index in [0.29, 0.717) is 5.16 Å². The third kappa shape index (κ3) is 4.23. The van der Waals surface area contributed by atoms with Crippen LogP contribution in [0.25, 0.3) is 0 Å². The Hall–Kier alpha value is -1.50. The lowest BCUT2D eigenvalue weighted by atomic mass is 10.0. The van der Waals surface area contributed by atoms with E-state index in [1.807, 2.05) is 32.3 Å². The molecule has 0 aromatic carbocycles. The Balaban J connectivity index is 3.29. The normalized spacial score (nSPS) is 12.7. The van der Waals surface area contributed by atoms with E-state index in [4.69, 9.17) is 9.84 Å². The zero-order valence-corrected chi connectivity index (χ0v) is 13.8. The Morgan fingerprint density at radius 2 is 2.00 bits per heavy atom. The summed E-state index contributed by atoms with van der Waals surface area (Å²) in [5, 5.41) is 9.37. The summed E-state index contributed by atoms with van der Waals surface area (Å²) < 4.78 is 6.71. The second kappa shape index (κ2) is 7.49. The van der Waals surface area contributed by atoms with Gasteiger partial charge in [0.05, 0.1) is 12.9 Å². The summed E-state index contributed by atoms with van der Waals surface area (Å²) in [6.45, 7) is 7.87. The first kappa shape index (κ1) is 17.6. The number of rotatable bonds is 7. The minimum Gasteiger partial charge on any atom is -0.481 e. The van der Waals surface area contributed by atoms with E-state index < -0.39 is 12.0 Å². The number of aliphatic carboxylic acids is 1. The molecule has 0 aliphatic carbocycles. The van der Waals surface area contributed by atoms with Crippen LogP contribution in [0.3, 0.4) is 0 Å². The molecule has 0 aliphatic heterocycles. The van der Waals surface area contributed by atoms with Crippen molar-refractivity contribution < 1.29 is 19.4 Å². The van der Waals surface area contributed by atoms with Crippen LogP contribution in [0.1, 0.15) is 45.3 Å². The average molecular weight is 314 g/mol. The summed E-state index contributed by atoms with van der Waals surface area (Å²) in [7, 11) is 1.35. The number of aromatic nitrogens is 2. The van der Waals surface area contributed by atoms with Crippen LogP contribution in [-0.2, 0) is 14.3 Å². The lowest BCUT2D eigenvalue weighted by Crippen LogP contribution is -2.28. The van der Waals surface area contributed by atoms with Crippen molar-refractivity contribution in [2.75, 3.05) is 12.9 Å². The molecule has 1 aromatic rings. The number of imidazole rings is 1. The molecule has 1 aromatic heterocycles. The first-order valence-corrected chi connectivity index (χ1v) is 7.77. The molecular formula is C14H22N2O4S. The number of esters is 1. The van der Waals surface area contributed by atoms with Crippen molar-refractivity contribution in [2.45, 2.75) is 44.8 Å². The van der Waals surface area contributed by atoms with Crippen molar-refractivity contribution in [1.29, 1.82) is 0 Å². The number of carbonyl (C=O) groups is 2. The van der Waals surface area contributed by atoms with Crippen LogP contribution < -0.4 is 0 Å². The Bertz CT molecular complexity index is 511. The van der Waals surface area contributed by atoms with Gasteiger partial charge in [0.15, 0.2) is 5.16 Å². The van der Waals surface area contributed by atoms with E-state index in [2.05, 4.69) is 4.98 Å². The van der Waals surface area contributed by atoms with Crippen LogP contribution >= 0.6 is 11.8 Å². The first-order chi connectivity index (χ1) is 9.79. The fourth-order valence-electron chi connectivity index (χ4n) is 2.09. The molecule has 0 spiro atoms. The van der Waals surface area contributed by atoms with Crippen molar-refractivity contribution >= 4 is 23.7 Å². The SMILES string of the molecule is COC(=O)C(C(C)C)n1c(C(C)C)cnc1SCC(=O)O. The summed E-state index contributed by atoms with van der Waals surface area (Å²) in [5.74, 6) is -1.18. The molecule has 6 nitrogen and oxygen atoms in total. The van der Waals surface area contributed by atoms with Gasteiger partial charge in [0.1, 0.15) is 6.04 Å². The van der Waals surface area contributed by atoms with Gasteiger partial charge in [-0.1, -0.05) is 39.5 Å². The van der Waals surface area contributed by atoms with Crippen molar-refractivity contribution in [3.8, 4) is 0 Å². The van der Waals surface area contributed by atoms with Gasteiger partial charge >= 0.3 is 11.9 Å². The fraction of sp³-hybridized carbons (Fsp3) is 0.643. The van der Waals surface area contributed by atoms with Gasteiger partial charge in [-0.2, -0.15) is 0 Å². The standard InChI is InChI=1S/C14H22N2O4S/c1-8(2)10-6-15-14(21-7-11(17)18)16(10)12(9(3)4)13(19)20-5/h6,8-9,12H,7H2,1-5H3,(H,17,18). The highest BCUT2D eigenvalue weighted by molar-refractivity contribution is 7.99. The maximum atomic E-state index is 12.1. The van der Waals surface area contributed by atoms with Gasteiger partial charge in [-0.3, -0.25) is 4.79 Å². The molecule has 0 radical (unpaired) electrons. The number of carboxylic acids is 1. The number of methoxy groups -OCH3 is 1. The molecule has 1 heterocycles. The number of hydrogen-bond donors (Lipinski definition) is 1. The molecule has 0 fully saturated rings. The van der Waals surface area contributed by atoms with Crippen LogP contribution in [0.2, 0.25) is 0 Å².